The third-order valence-electron chi connectivity index (χ3n) is 11.8. The highest BCUT2D eigenvalue weighted by Gasteiger charge is 2.72. The molecule has 0 radical (unpaired) electrons. The maximum absolute atomic E-state index is 13.0. The van der Waals surface area contributed by atoms with Crippen molar-refractivity contribution < 1.29 is 59.2 Å². The van der Waals surface area contributed by atoms with Crippen molar-refractivity contribution in [3.8, 4) is 0 Å². The third kappa shape index (κ3) is 4.67. The fraction of sp³-hybridized carbons (Fsp3) is 0.774. The van der Waals surface area contributed by atoms with Gasteiger partial charge in [0.2, 0.25) is 0 Å². The van der Waals surface area contributed by atoms with Gasteiger partial charge in [0.15, 0.2) is 17.8 Å². The molecule has 1 spiro atoms. The number of allylic oxidation sites excluding steroid dienone is 1. The van der Waals surface area contributed by atoms with E-state index in [0.29, 0.717) is 19.3 Å². The Bertz CT molecular complexity index is 1180. The SMILES string of the molecule is C=C1[C@@H]2CC[C@H]3[C@]4(C)C[C@H](O[C@@H]5O[C@H](CO)[C@@H](O)[C@H](O)[C@@H]5OC(=O)/C(C)=C\C)CC(C(=O)O)(C(=O)O)[C@H]4CC[C@]3(C2)[C@H]1O. The highest BCUT2D eigenvalue weighted by molar-refractivity contribution is 5.99. The number of carbonyl (C=O) groups is 3. The number of ether oxygens (including phenoxy) is 3. The minimum absolute atomic E-state index is 0.167. The molecular formula is C31H44O12. The average Bonchev–Trinajstić information content (AvgIpc) is 3.14. The first-order valence-corrected chi connectivity index (χ1v) is 15.1. The molecule has 0 unspecified atom stereocenters. The van der Waals surface area contributed by atoms with Gasteiger partial charge in [0.1, 0.15) is 18.3 Å². The van der Waals surface area contributed by atoms with Crippen LogP contribution >= 0.6 is 0 Å². The molecule has 12 heteroatoms. The molecule has 4 saturated carbocycles. The zero-order valence-corrected chi connectivity index (χ0v) is 24.8. The molecular weight excluding hydrogens is 564 g/mol. The number of aliphatic carboxylic acids is 2. The maximum Gasteiger partial charge on any atom is 0.333 e. The molecule has 4 aliphatic carbocycles. The van der Waals surface area contributed by atoms with Crippen LogP contribution in [-0.4, -0.2) is 98.1 Å². The molecule has 2 bridgehead atoms. The number of carbonyl (C=O) groups excluding carboxylic acids is 1. The number of hydrogen-bond donors (Lipinski definition) is 6. The van der Waals surface area contributed by atoms with E-state index in [4.69, 9.17) is 14.2 Å². The van der Waals surface area contributed by atoms with Gasteiger partial charge in [-0.15, -0.1) is 0 Å². The van der Waals surface area contributed by atoms with Gasteiger partial charge >= 0.3 is 17.9 Å². The van der Waals surface area contributed by atoms with Crippen LogP contribution < -0.4 is 0 Å². The van der Waals surface area contributed by atoms with E-state index in [1.165, 1.54) is 13.0 Å². The quantitative estimate of drug-likeness (QED) is 0.0799. The lowest BCUT2D eigenvalue weighted by Crippen LogP contribution is -2.66. The van der Waals surface area contributed by atoms with Crippen molar-refractivity contribution in [1.29, 1.82) is 0 Å². The van der Waals surface area contributed by atoms with E-state index < -0.39 is 96.0 Å². The lowest BCUT2D eigenvalue weighted by molar-refractivity contribution is -0.323. The smallest absolute Gasteiger partial charge is 0.333 e. The lowest BCUT2D eigenvalue weighted by Gasteiger charge is -2.64. The van der Waals surface area contributed by atoms with Crippen molar-refractivity contribution in [1.82, 2.24) is 0 Å². The molecule has 5 fully saturated rings. The lowest BCUT2D eigenvalue weighted by atomic mass is 9.40. The van der Waals surface area contributed by atoms with Gasteiger partial charge in [-0.3, -0.25) is 9.59 Å². The number of esters is 1. The highest BCUT2D eigenvalue weighted by atomic mass is 16.7. The Morgan fingerprint density at radius 2 is 1.70 bits per heavy atom. The minimum Gasteiger partial charge on any atom is -0.480 e. The second-order valence-corrected chi connectivity index (χ2v) is 13.6. The summed E-state index contributed by atoms with van der Waals surface area (Å²) >= 11 is 0. The molecule has 12 nitrogen and oxygen atoms in total. The number of fused-ring (bicyclic) bond motifs is 3. The average molecular weight is 609 g/mol. The summed E-state index contributed by atoms with van der Waals surface area (Å²) in [7, 11) is 0. The molecule has 5 aliphatic rings. The summed E-state index contributed by atoms with van der Waals surface area (Å²) < 4.78 is 17.5. The highest BCUT2D eigenvalue weighted by Crippen LogP contribution is 2.72. The monoisotopic (exact) mass is 608 g/mol. The summed E-state index contributed by atoms with van der Waals surface area (Å²) in [4.78, 5) is 38.6. The number of rotatable bonds is 7. The number of carboxylic acids is 2. The summed E-state index contributed by atoms with van der Waals surface area (Å²) in [6.07, 6.45) is -5.27. The summed E-state index contributed by atoms with van der Waals surface area (Å²) in [5, 5.41) is 63.7. The molecule has 240 valence electrons. The first-order valence-electron chi connectivity index (χ1n) is 15.1. The number of hydrogen-bond acceptors (Lipinski definition) is 10. The first-order chi connectivity index (χ1) is 20.2. The molecule has 43 heavy (non-hydrogen) atoms. The van der Waals surface area contributed by atoms with E-state index in [9.17, 15) is 45.0 Å². The van der Waals surface area contributed by atoms with E-state index in [2.05, 4.69) is 6.58 Å². The van der Waals surface area contributed by atoms with E-state index in [1.807, 2.05) is 6.92 Å². The fourth-order valence-electron chi connectivity index (χ4n) is 9.59. The summed E-state index contributed by atoms with van der Waals surface area (Å²) in [5.41, 5.74) is -2.64. The maximum atomic E-state index is 13.0. The molecule has 1 saturated heterocycles. The predicted molar refractivity (Wildman–Crippen MR) is 148 cm³/mol. The van der Waals surface area contributed by atoms with Gasteiger partial charge in [-0.1, -0.05) is 19.6 Å². The summed E-state index contributed by atoms with van der Waals surface area (Å²) in [5.74, 6) is -4.55. The second kappa shape index (κ2) is 11.2. The van der Waals surface area contributed by atoms with Crippen LogP contribution in [0.15, 0.2) is 23.8 Å². The van der Waals surface area contributed by atoms with Gasteiger partial charge in [-0.25, -0.2) is 4.79 Å². The van der Waals surface area contributed by atoms with Crippen molar-refractivity contribution in [3.05, 3.63) is 23.8 Å². The fourth-order valence-corrected chi connectivity index (χ4v) is 9.59. The van der Waals surface area contributed by atoms with Crippen LogP contribution in [0.2, 0.25) is 0 Å². The topological polar surface area (TPSA) is 200 Å². The molecule has 1 heterocycles. The van der Waals surface area contributed by atoms with Crippen LogP contribution in [0.4, 0.5) is 0 Å². The zero-order valence-electron chi connectivity index (χ0n) is 24.8. The van der Waals surface area contributed by atoms with E-state index in [1.54, 1.807) is 6.92 Å². The number of aliphatic hydroxyl groups excluding tert-OH is 4. The molecule has 6 N–H and O–H groups in total. The Balaban J connectivity index is 1.53. The normalized spacial score (nSPS) is 45.6. The second-order valence-electron chi connectivity index (χ2n) is 13.6. The molecule has 0 aromatic rings. The van der Waals surface area contributed by atoms with Crippen LogP contribution in [0, 0.1) is 34.0 Å². The Kier molecular flexibility index (Phi) is 8.37. The molecule has 0 aromatic carbocycles. The van der Waals surface area contributed by atoms with Crippen molar-refractivity contribution >= 4 is 17.9 Å². The number of carboxylic acid groups (broad SMARTS) is 2. The van der Waals surface area contributed by atoms with Gasteiger partial charge in [0.25, 0.3) is 0 Å². The molecule has 0 amide bonds. The van der Waals surface area contributed by atoms with E-state index in [-0.39, 0.29) is 23.8 Å². The van der Waals surface area contributed by atoms with Crippen molar-refractivity contribution in [2.45, 2.75) is 109 Å². The van der Waals surface area contributed by atoms with E-state index in [0.717, 1.165) is 18.4 Å². The zero-order chi connectivity index (χ0) is 31.6. The molecule has 0 aromatic heterocycles. The first kappa shape index (κ1) is 32.1. The third-order valence-corrected chi connectivity index (χ3v) is 11.8. The standard InChI is InChI=1S/C31H44O12/c1-5-14(2)25(36)43-23-22(34)21(33)18(13-32)42-26(23)41-17-11-29(4)19-7-6-16-10-30(19,24(35)15(16)3)9-8-20(29)31(12-17,27(37)38)28(39)40/h5,16-24,26,32-35H,3,6-13H2,1-2,4H3,(H,37,38)(H,39,40)/b14-5-/t16-,17+,18-,19+,20+,21-,22+,23+,24+,26-,29+,30-/m1/s1. The van der Waals surface area contributed by atoms with E-state index >= 15 is 0 Å². The van der Waals surface area contributed by atoms with Crippen LogP contribution in [0.5, 0.6) is 0 Å². The van der Waals surface area contributed by atoms with Crippen LogP contribution in [-0.2, 0) is 28.6 Å². The van der Waals surface area contributed by atoms with Gasteiger partial charge in [-0.05, 0) is 81.1 Å². The Morgan fingerprint density at radius 1 is 1.02 bits per heavy atom. The Hall–Kier alpha value is -2.35. The van der Waals surface area contributed by atoms with Crippen LogP contribution in [0.25, 0.3) is 0 Å². The van der Waals surface area contributed by atoms with Crippen molar-refractivity contribution in [3.63, 3.8) is 0 Å². The predicted octanol–water partition coefficient (Wildman–Crippen LogP) is 1.39. The van der Waals surface area contributed by atoms with Crippen LogP contribution in [0.3, 0.4) is 0 Å². The van der Waals surface area contributed by atoms with Crippen LogP contribution in [0.1, 0.15) is 65.7 Å². The van der Waals surface area contributed by atoms with Gasteiger partial charge in [0.05, 0.1) is 18.8 Å². The largest absolute Gasteiger partial charge is 0.480 e. The van der Waals surface area contributed by atoms with Gasteiger partial charge in [-0.2, -0.15) is 0 Å². The minimum atomic E-state index is -2.21. The molecule has 1 aliphatic heterocycles. The summed E-state index contributed by atoms with van der Waals surface area (Å²) in [6, 6.07) is 0. The Labute approximate surface area is 250 Å². The van der Waals surface area contributed by atoms with Crippen molar-refractivity contribution in [2.24, 2.45) is 34.0 Å². The Morgan fingerprint density at radius 3 is 2.30 bits per heavy atom. The molecule has 12 atom stereocenters. The summed E-state index contributed by atoms with van der Waals surface area (Å²) in [6.45, 7) is 8.48. The molecule has 5 rings (SSSR count). The van der Waals surface area contributed by atoms with Gasteiger partial charge in [0, 0.05) is 17.4 Å². The number of aliphatic hydroxyl groups is 4. The van der Waals surface area contributed by atoms with Gasteiger partial charge < -0.3 is 44.8 Å². The van der Waals surface area contributed by atoms with Crippen molar-refractivity contribution in [2.75, 3.05) is 6.61 Å².